The summed E-state index contributed by atoms with van der Waals surface area (Å²) in [5.74, 6) is 0. The second kappa shape index (κ2) is 7.54. The third-order valence-electron chi connectivity index (χ3n) is 3.64. The normalized spacial score (nSPS) is 21.3. The number of aryl methyl sites for hydroxylation is 1. The van der Waals surface area contributed by atoms with Crippen LogP contribution in [0.15, 0.2) is 18.7 Å². The highest BCUT2D eigenvalue weighted by molar-refractivity contribution is 4.78. The lowest BCUT2D eigenvalue weighted by Crippen LogP contribution is -2.46. The molecule has 2 heterocycles. The molecule has 1 aromatic rings. The van der Waals surface area contributed by atoms with Crippen LogP contribution in [0.5, 0.6) is 0 Å². The van der Waals surface area contributed by atoms with Crippen molar-refractivity contribution < 1.29 is 0 Å². The zero-order chi connectivity index (χ0) is 12.6. The molecule has 4 heteroatoms. The molecular weight excluding hydrogens is 224 g/mol. The summed E-state index contributed by atoms with van der Waals surface area (Å²) < 4.78 is 2.16. The lowest BCUT2D eigenvalue weighted by molar-refractivity contribution is 0.186. The van der Waals surface area contributed by atoms with Crippen LogP contribution in [0.4, 0.5) is 0 Å². The molecule has 0 bridgehead atoms. The number of piperidine rings is 1. The molecule has 1 saturated heterocycles. The first-order valence-electron chi connectivity index (χ1n) is 7.30. The predicted octanol–water partition coefficient (Wildman–Crippen LogP) is 1.74. The largest absolute Gasteiger partial charge is 0.337 e. The van der Waals surface area contributed by atoms with Gasteiger partial charge in [0.05, 0.1) is 6.33 Å². The van der Waals surface area contributed by atoms with Crippen LogP contribution in [0.25, 0.3) is 0 Å². The van der Waals surface area contributed by atoms with Gasteiger partial charge in [0.1, 0.15) is 0 Å². The number of hydrogen-bond donors (Lipinski definition) is 1. The first kappa shape index (κ1) is 13.6. The van der Waals surface area contributed by atoms with E-state index in [2.05, 4.69) is 26.7 Å². The van der Waals surface area contributed by atoms with Gasteiger partial charge in [-0.15, -0.1) is 0 Å². The number of aromatic nitrogens is 2. The van der Waals surface area contributed by atoms with E-state index in [4.69, 9.17) is 0 Å². The maximum absolute atomic E-state index is 4.07. The van der Waals surface area contributed by atoms with Crippen molar-refractivity contribution >= 4 is 0 Å². The van der Waals surface area contributed by atoms with Gasteiger partial charge in [-0.25, -0.2) is 4.98 Å². The smallest absolute Gasteiger partial charge is 0.0945 e. The second-order valence-electron chi connectivity index (χ2n) is 5.25. The van der Waals surface area contributed by atoms with Gasteiger partial charge in [-0.05, 0) is 45.3 Å². The van der Waals surface area contributed by atoms with Gasteiger partial charge in [-0.2, -0.15) is 0 Å². The first-order chi connectivity index (χ1) is 8.88. The Morgan fingerprint density at radius 2 is 2.33 bits per heavy atom. The van der Waals surface area contributed by atoms with E-state index in [1.165, 1.54) is 45.3 Å². The molecule has 0 saturated carbocycles. The molecule has 1 atom stereocenters. The topological polar surface area (TPSA) is 33.1 Å². The van der Waals surface area contributed by atoms with E-state index >= 15 is 0 Å². The summed E-state index contributed by atoms with van der Waals surface area (Å²) in [7, 11) is 0. The van der Waals surface area contributed by atoms with Gasteiger partial charge >= 0.3 is 0 Å². The van der Waals surface area contributed by atoms with Crippen LogP contribution < -0.4 is 5.32 Å². The van der Waals surface area contributed by atoms with Crippen LogP contribution in [0.1, 0.15) is 32.6 Å². The van der Waals surface area contributed by atoms with E-state index < -0.39 is 0 Å². The van der Waals surface area contributed by atoms with Crippen molar-refractivity contribution in [2.24, 2.45) is 0 Å². The van der Waals surface area contributed by atoms with Crippen molar-refractivity contribution in [3.63, 3.8) is 0 Å². The Kier molecular flexibility index (Phi) is 5.68. The van der Waals surface area contributed by atoms with Gasteiger partial charge in [0.15, 0.2) is 0 Å². The van der Waals surface area contributed by atoms with Crippen LogP contribution in [0.2, 0.25) is 0 Å². The van der Waals surface area contributed by atoms with Gasteiger partial charge in [0.2, 0.25) is 0 Å². The first-order valence-corrected chi connectivity index (χ1v) is 7.30. The molecule has 4 nitrogen and oxygen atoms in total. The fraction of sp³-hybridized carbons (Fsp3) is 0.786. The Bertz CT molecular complexity index is 310. The number of nitrogens with zero attached hydrogens (tertiary/aromatic N) is 3. The molecule has 0 amide bonds. The average Bonchev–Trinajstić information content (AvgIpc) is 2.90. The monoisotopic (exact) mass is 250 g/mol. The summed E-state index contributed by atoms with van der Waals surface area (Å²) in [6.45, 7) is 8.19. The van der Waals surface area contributed by atoms with Gasteiger partial charge in [0, 0.05) is 31.5 Å². The van der Waals surface area contributed by atoms with Crippen LogP contribution in [-0.4, -0.2) is 46.7 Å². The van der Waals surface area contributed by atoms with Crippen molar-refractivity contribution in [3.8, 4) is 0 Å². The predicted molar refractivity (Wildman–Crippen MR) is 74.6 cm³/mol. The molecule has 1 fully saturated rings. The molecule has 1 N–H and O–H groups in total. The number of rotatable bonds is 7. The van der Waals surface area contributed by atoms with E-state index in [0.717, 1.165) is 13.1 Å². The fourth-order valence-electron chi connectivity index (χ4n) is 2.67. The van der Waals surface area contributed by atoms with Gasteiger partial charge in [0.25, 0.3) is 0 Å². The molecular formula is C14H26N4. The van der Waals surface area contributed by atoms with Gasteiger partial charge < -0.3 is 14.8 Å². The quantitative estimate of drug-likeness (QED) is 0.800. The van der Waals surface area contributed by atoms with E-state index in [0.29, 0.717) is 6.04 Å². The summed E-state index contributed by atoms with van der Waals surface area (Å²) in [5.41, 5.74) is 0. The van der Waals surface area contributed by atoms with E-state index in [1.807, 2.05) is 18.7 Å². The third-order valence-corrected chi connectivity index (χ3v) is 3.64. The molecule has 18 heavy (non-hydrogen) atoms. The maximum Gasteiger partial charge on any atom is 0.0945 e. The lowest BCUT2D eigenvalue weighted by Gasteiger charge is -2.33. The molecule has 1 unspecified atom stereocenters. The van der Waals surface area contributed by atoms with Crippen molar-refractivity contribution in [2.75, 3.05) is 26.2 Å². The summed E-state index contributed by atoms with van der Waals surface area (Å²) in [6.07, 6.45) is 10.9. The molecule has 0 aromatic carbocycles. The van der Waals surface area contributed by atoms with Crippen molar-refractivity contribution in [2.45, 2.75) is 45.2 Å². The third kappa shape index (κ3) is 4.42. The Balaban J connectivity index is 1.63. The molecule has 0 radical (unpaired) electrons. The van der Waals surface area contributed by atoms with E-state index in [1.54, 1.807) is 0 Å². The number of likely N-dealkylation sites (tertiary alicyclic amines) is 1. The summed E-state index contributed by atoms with van der Waals surface area (Å²) in [4.78, 5) is 6.68. The van der Waals surface area contributed by atoms with Crippen LogP contribution in [0.3, 0.4) is 0 Å². The Morgan fingerprint density at radius 1 is 1.39 bits per heavy atom. The molecule has 1 aliphatic rings. The van der Waals surface area contributed by atoms with E-state index in [-0.39, 0.29) is 0 Å². The molecule has 1 aliphatic heterocycles. The number of hydrogen-bond acceptors (Lipinski definition) is 3. The minimum Gasteiger partial charge on any atom is -0.337 e. The number of imidazole rings is 1. The zero-order valence-corrected chi connectivity index (χ0v) is 11.5. The van der Waals surface area contributed by atoms with Crippen molar-refractivity contribution in [1.29, 1.82) is 0 Å². The SMILES string of the molecule is CCCNC1CCCN(CCCn2ccnc2)C1. The molecule has 102 valence electrons. The number of nitrogens with one attached hydrogen (secondary N) is 1. The lowest BCUT2D eigenvalue weighted by atomic mass is 10.1. The fourth-order valence-corrected chi connectivity index (χ4v) is 2.67. The van der Waals surface area contributed by atoms with Crippen LogP contribution in [-0.2, 0) is 6.54 Å². The summed E-state index contributed by atoms with van der Waals surface area (Å²) in [5, 5.41) is 3.65. The maximum atomic E-state index is 4.07. The second-order valence-corrected chi connectivity index (χ2v) is 5.25. The highest BCUT2D eigenvalue weighted by Gasteiger charge is 2.18. The van der Waals surface area contributed by atoms with Gasteiger partial charge in [-0.1, -0.05) is 6.92 Å². The summed E-state index contributed by atoms with van der Waals surface area (Å²) in [6, 6.07) is 0.715. The highest BCUT2D eigenvalue weighted by atomic mass is 15.2. The zero-order valence-electron chi connectivity index (χ0n) is 11.5. The summed E-state index contributed by atoms with van der Waals surface area (Å²) >= 11 is 0. The molecule has 1 aromatic heterocycles. The Morgan fingerprint density at radius 3 is 3.11 bits per heavy atom. The van der Waals surface area contributed by atoms with Crippen molar-refractivity contribution in [3.05, 3.63) is 18.7 Å². The van der Waals surface area contributed by atoms with Gasteiger partial charge in [-0.3, -0.25) is 0 Å². The van der Waals surface area contributed by atoms with E-state index in [9.17, 15) is 0 Å². The highest BCUT2D eigenvalue weighted by Crippen LogP contribution is 2.10. The Labute approximate surface area is 110 Å². The molecule has 2 rings (SSSR count). The van der Waals surface area contributed by atoms with Crippen molar-refractivity contribution in [1.82, 2.24) is 19.8 Å². The minimum atomic E-state index is 0.715. The average molecular weight is 250 g/mol. The standard InChI is InChI=1S/C14H26N4/c1-2-6-16-14-5-3-8-17(12-14)9-4-10-18-11-7-15-13-18/h7,11,13-14,16H,2-6,8-10,12H2,1H3. The van der Waals surface area contributed by atoms with Crippen LogP contribution >= 0.6 is 0 Å². The Hall–Kier alpha value is -0.870. The van der Waals surface area contributed by atoms with Crippen LogP contribution in [0, 0.1) is 0 Å². The molecule has 0 spiro atoms. The molecule has 0 aliphatic carbocycles. The minimum absolute atomic E-state index is 0.715.